The van der Waals surface area contributed by atoms with Gasteiger partial charge in [0.15, 0.2) is 0 Å². The van der Waals surface area contributed by atoms with Gasteiger partial charge in [-0.3, -0.25) is 4.90 Å². The second-order valence-corrected chi connectivity index (χ2v) is 6.36. The zero-order valence-corrected chi connectivity index (χ0v) is 13.8. The molecule has 1 N–H and O–H groups in total. The molecule has 1 aliphatic heterocycles. The van der Waals surface area contributed by atoms with Gasteiger partial charge in [-0.25, -0.2) is 9.59 Å². The number of nitrogens with zero attached hydrogens (tertiary/aromatic N) is 1. The SMILES string of the molecule is CCOC(=O)[C@@H]1[C@H]2CC[C@@H](O)[C@H]2CN1C(=O)OCc1ccccc1. The first-order chi connectivity index (χ1) is 11.6. The molecular formula is C18H23NO5. The maximum Gasteiger partial charge on any atom is 0.410 e. The Morgan fingerprint density at radius 2 is 1.92 bits per heavy atom. The Morgan fingerprint density at radius 1 is 1.17 bits per heavy atom. The topological polar surface area (TPSA) is 76.1 Å². The Hall–Kier alpha value is -2.08. The summed E-state index contributed by atoms with van der Waals surface area (Å²) in [6.07, 6.45) is 0.382. The molecule has 1 saturated heterocycles. The molecule has 0 unspecified atom stereocenters. The van der Waals surface area contributed by atoms with Crippen molar-refractivity contribution in [3.05, 3.63) is 35.9 Å². The Labute approximate surface area is 141 Å². The number of fused-ring (bicyclic) bond motifs is 1. The summed E-state index contributed by atoms with van der Waals surface area (Å²) in [7, 11) is 0. The third-order valence-electron chi connectivity index (χ3n) is 4.96. The zero-order valence-electron chi connectivity index (χ0n) is 13.8. The number of carbonyl (C=O) groups is 2. The number of ether oxygens (including phenoxy) is 2. The van der Waals surface area contributed by atoms with E-state index in [1.54, 1.807) is 6.92 Å². The number of hydrogen-bond donors (Lipinski definition) is 1. The molecule has 1 aromatic carbocycles. The highest BCUT2D eigenvalue weighted by Gasteiger charge is 2.53. The summed E-state index contributed by atoms with van der Waals surface area (Å²) in [6.45, 7) is 2.50. The van der Waals surface area contributed by atoms with Crippen molar-refractivity contribution in [2.24, 2.45) is 11.8 Å². The largest absolute Gasteiger partial charge is 0.464 e. The predicted octanol–water partition coefficient (Wildman–Crippen LogP) is 1.96. The maximum absolute atomic E-state index is 12.5. The molecule has 130 valence electrons. The van der Waals surface area contributed by atoms with Gasteiger partial charge in [0, 0.05) is 12.5 Å². The Kier molecular flexibility index (Phi) is 5.04. The van der Waals surface area contributed by atoms with E-state index in [2.05, 4.69) is 0 Å². The highest BCUT2D eigenvalue weighted by molar-refractivity contribution is 5.82. The number of hydrogen-bond acceptors (Lipinski definition) is 5. The molecule has 1 heterocycles. The molecule has 6 heteroatoms. The van der Waals surface area contributed by atoms with E-state index < -0.39 is 24.2 Å². The van der Waals surface area contributed by atoms with E-state index in [0.29, 0.717) is 13.0 Å². The lowest BCUT2D eigenvalue weighted by Gasteiger charge is -2.25. The number of amides is 1. The summed E-state index contributed by atoms with van der Waals surface area (Å²) in [5.74, 6) is -0.539. The number of aliphatic hydroxyl groups excluding tert-OH is 1. The van der Waals surface area contributed by atoms with E-state index in [-0.39, 0.29) is 25.0 Å². The van der Waals surface area contributed by atoms with Gasteiger partial charge >= 0.3 is 12.1 Å². The smallest absolute Gasteiger partial charge is 0.410 e. The first kappa shape index (κ1) is 16.8. The van der Waals surface area contributed by atoms with Crippen molar-refractivity contribution in [2.45, 2.75) is 38.5 Å². The number of carbonyl (C=O) groups excluding carboxylic acids is 2. The van der Waals surface area contributed by atoms with Gasteiger partial charge in [-0.1, -0.05) is 30.3 Å². The van der Waals surface area contributed by atoms with Crippen LogP contribution in [0.25, 0.3) is 0 Å². The van der Waals surface area contributed by atoms with Crippen LogP contribution in [-0.4, -0.2) is 47.4 Å². The molecule has 6 nitrogen and oxygen atoms in total. The molecule has 3 rings (SSSR count). The normalized spacial score (nSPS) is 28.5. The average molecular weight is 333 g/mol. The Balaban J connectivity index is 1.69. The van der Waals surface area contributed by atoms with Crippen LogP contribution in [0, 0.1) is 11.8 Å². The first-order valence-corrected chi connectivity index (χ1v) is 8.43. The number of aliphatic hydroxyl groups is 1. The second-order valence-electron chi connectivity index (χ2n) is 6.36. The van der Waals surface area contributed by atoms with Gasteiger partial charge in [-0.15, -0.1) is 0 Å². The fourth-order valence-corrected chi connectivity index (χ4v) is 3.82. The van der Waals surface area contributed by atoms with E-state index in [4.69, 9.17) is 9.47 Å². The van der Waals surface area contributed by atoms with E-state index >= 15 is 0 Å². The molecule has 0 radical (unpaired) electrons. The van der Waals surface area contributed by atoms with Crippen molar-refractivity contribution >= 4 is 12.1 Å². The van der Waals surface area contributed by atoms with Gasteiger partial charge in [-0.2, -0.15) is 0 Å². The van der Waals surface area contributed by atoms with E-state index in [1.165, 1.54) is 4.90 Å². The molecule has 0 aromatic heterocycles. The first-order valence-electron chi connectivity index (χ1n) is 8.43. The number of esters is 1. The fraction of sp³-hybridized carbons (Fsp3) is 0.556. The van der Waals surface area contributed by atoms with Crippen LogP contribution in [0.2, 0.25) is 0 Å². The lowest BCUT2D eigenvalue weighted by Crippen LogP contribution is -2.44. The molecule has 1 saturated carbocycles. The summed E-state index contributed by atoms with van der Waals surface area (Å²) in [5, 5.41) is 10.1. The van der Waals surface area contributed by atoms with Crippen molar-refractivity contribution in [2.75, 3.05) is 13.2 Å². The maximum atomic E-state index is 12.5. The summed E-state index contributed by atoms with van der Waals surface area (Å²) in [6, 6.07) is 8.74. The van der Waals surface area contributed by atoms with E-state index in [9.17, 15) is 14.7 Å². The van der Waals surface area contributed by atoms with Crippen LogP contribution in [0.1, 0.15) is 25.3 Å². The van der Waals surface area contributed by atoms with Crippen molar-refractivity contribution in [3.8, 4) is 0 Å². The van der Waals surface area contributed by atoms with Crippen molar-refractivity contribution in [1.82, 2.24) is 4.90 Å². The third kappa shape index (κ3) is 3.24. The van der Waals surface area contributed by atoms with E-state index in [0.717, 1.165) is 12.0 Å². The van der Waals surface area contributed by atoms with Gasteiger partial charge < -0.3 is 14.6 Å². The summed E-state index contributed by atoms with van der Waals surface area (Å²) >= 11 is 0. The molecule has 1 aromatic rings. The minimum atomic E-state index is -0.657. The lowest BCUT2D eigenvalue weighted by molar-refractivity contribution is -0.149. The number of likely N-dealkylation sites (tertiary alicyclic amines) is 1. The molecule has 4 atom stereocenters. The zero-order chi connectivity index (χ0) is 17.1. The Morgan fingerprint density at radius 3 is 2.62 bits per heavy atom. The standard InChI is InChI=1S/C18H23NO5/c1-2-23-17(21)16-13-8-9-15(20)14(13)10-19(16)18(22)24-11-12-6-4-3-5-7-12/h3-7,13-16,20H,2,8-11H2,1H3/t13-,14-,15+,16-/m0/s1. The number of rotatable bonds is 4. The molecule has 2 aliphatic rings. The highest BCUT2D eigenvalue weighted by atomic mass is 16.6. The van der Waals surface area contributed by atoms with Crippen LogP contribution in [0.3, 0.4) is 0 Å². The summed E-state index contributed by atoms with van der Waals surface area (Å²) in [4.78, 5) is 26.2. The molecule has 1 aliphatic carbocycles. The van der Waals surface area contributed by atoms with Crippen LogP contribution in [0.15, 0.2) is 30.3 Å². The van der Waals surface area contributed by atoms with Crippen LogP contribution in [0.4, 0.5) is 4.79 Å². The molecule has 0 bridgehead atoms. The monoisotopic (exact) mass is 333 g/mol. The second kappa shape index (κ2) is 7.21. The summed E-state index contributed by atoms with van der Waals surface area (Å²) in [5.41, 5.74) is 0.887. The molecule has 0 spiro atoms. The van der Waals surface area contributed by atoms with Gasteiger partial charge in [0.2, 0.25) is 0 Å². The summed E-state index contributed by atoms with van der Waals surface area (Å²) < 4.78 is 10.5. The van der Waals surface area contributed by atoms with Gasteiger partial charge in [-0.05, 0) is 31.2 Å². The van der Waals surface area contributed by atoms with Crippen molar-refractivity contribution in [3.63, 3.8) is 0 Å². The van der Waals surface area contributed by atoms with Gasteiger partial charge in [0.25, 0.3) is 0 Å². The predicted molar refractivity (Wildman–Crippen MR) is 86.0 cm³/mol. The van der Waals surface area contributed by atoms with Crippen LogP contribution >= 0.6 is 0 Å². The third-order valence-corrected chi connectivity index (χ3v) is 4.96. The molecule has 1 amide bonds. The van der Waals surface area contributed by atoms with Gasteiger partial charge in [0.05, 0.1) is 12.7 Å². The van der Waals surface area contributed by atoms with Crippen LogP contribution in [-0.2, 0) is 20.9 Å². The van der Waals surface area contributed by atoms with E-state index in [1.807, 2.05) is 30.3 Å². The van der Waals surface area contributed by atoms with Crippen molar-refractivity contribution < 1.29 is 24.2 Å². The molecule has 24 heavy (non-hydrogen) atoms. The quantitative estimate of drug-likeness (QED) is 0.853. The lowest BCUT2D eigenvalue weighted by atomic mass is 9.93. The minimum Gasteiger partial charge on any atom is -0.464 e. The van der Waals surface area contributed by atoms with Crippen LogP contribution < -0.4 is 0 Å². The van der Waals surface area contributed by atoms with Crippen LogP contribution in [0.5, 0.6) is 0 Å². The average Bonchev–Trinajstić information content (AvgIpc) is 3.14. The molecular weight excluding hydrogens is 310 g/mol. The highest BCUT2D eigenvalue weighted by Crippen LogP contribution is 2.43. The van der Waals surface area contributed by atoms with Gasteiger partial charge in [0.1, 0.15) is 12.6 Å². The minimum absolute atomic E-state index is 0.0525. The van der Waals surface area contributed by atoms with Crippen molar-refractivity contribution in [1.29, 1.82) is 0 Å². The Bertz CT molecular complexity index is 590. The fourth-order valence-electron chi connectivity index (χ4n) is 3.82. The number of benzene rings is 1. The molecule has 2 fully saturated rings.